The second-order valence-electron chi connectivity index (χ2n) is 8.02. The van der Waals surface area contributed by atoms with Gasteiger partial charge in [-0.1, -0.05) is 27.4 Å². The quantitative estimate of drug-likeness (QED) is 0.523. The van der Waals surface area contributed by atoms with Gasteiger partial charge in [0.2, 0.25) is 16.6 Å². The Bertz CT molecular complexity index is 497. The van der Waals surface area contributed by atoms with Crippen molar-refractivity contribution in [2.24, 2.45) is 0 Å². The van der Waals surface area contributed by atoms with Crippen molar-refractivity contribution >= 4 is 41.3 Å². The Hall–Kier alpha value is -0.409. The molecule has 5 heteroatoms. The average molecular weight is 330 g/mol. The molecular formula is C17H30LiO2Si2. The second-order valence-corrected chi connectivity index (χ2v) is 17.2. The summed E-state index contributed by atoms with van der Waals surface area (Å²) < 4.78 is 12.2. The van der Waals surface area contributed by atoms with Crippen LogP contribution < -0.4 is 4.43 Å². The van der Waals surface area contributed by atoms with Crippen molar-refractivity contribution in [3.05, 3.63) is 36.4 Å². The molecule has 0 N–H and O–H groups in total. The van der Waals surface area contributed by atoms with Gasteiger partial charge in [0.15, 0.2) is 0 Å². The number of rotatable bonds is 5. The van der Waals surface area contributed by atoms with Crippen LogP contribution in [0.15, 0.2) is 30.8 Å². The van der Waals surface area contributed by atoms with E-state index in [1.165, 1.54) is 0 Å². The molecule has 1 aromatic carbocycles. The first-order valence-corrected chi connectivity index (χ1v) is 13.8. The van der Waals surface area contributed by atoms with Crippen LogP contribution >= 0.6 is 0 Å². The van der Waals surface area contributed by atoms with E-state index in [0.717, 1.165) is 17.1 Å². The molecule has 0 amide bonds. The van der Waals surface area contributed by atoms with Crippen molar-refractivity contribution in [3.63, 3.8) is 0 Å². The van der Waals surface area contributed by atoms with E-state index in [4.69, 9.17) is 8.85 Å². The summed E-state index contributed by atoms with van der Waals surface area (Å²) in [5.41, 5.74) is 1.03. The summed E-state index contributed by atoms with van der Waals surface area (Å²) in [4.78, 5) is 0. The summed E-state index contributed by atoms with van der Waals surface area (Å²) in [7, 11) is -3.38. The van der Waals surface area contributed by atoms with Crippen LogP contribution in [-0.2, 0) is 4.43 Å². The molecule has 1 aromatic rings. The molecule has 0 aromatic heterocycles. The van der Waals surface area contributed by atoms with E-state index in [9.17, 15) is 0 Å². The van der Waals surface area contributed by atoms with Crippen LogP contribution in [0.1, 0.15) is 26.3 Å². The van der Waals surface area contributed by atoms with Gasteiger partial charge in [-0.2, -0.15) is 0 Å². The first-order chi connectivity index (χ1) is 9.32. The Balaban J connectivity index is 0.00000441. The van der Waals surface area contributed by atoms with Crippen molar-refractivity contribution in [3.8, 4) is 5.75 Å². The van der Waals surface area contributed by atoms with Crippen LogP contribution in [-0.4, -0.2) is 35.5 Å². The zero-order chi connectivity index (χ0) is 16.5. The van der Waals surface area contributed by atoms with E-state index in [0.29, 0.717) is 0 Å². The maximum absolute atomic E-state index is 6.28. The van der Waals surface area contributed by atoms with Gasteiger partial charge in [0, 0.05) is 24.4 Å². The third kappa shape index (κ3) is 6.37. The molecule has 0 bridgehead atoms. The van der Waals surface area contributed by atoms with Crippen LogP contribution in [0.3, 0.4) is 0 Å². The third-order valence-electron chi connectivity index (χ3n) is 3.78. The van der Waals surface area contributed by atoms with Gasteiger partial charge in [0.1, 0.15) is 11.5 Å². The predicted molar refractivity (Wildman–Crippen MR) is 103 cm³/mol. The zero-order valence-corrected chi connectivity index (χ0v) is 17.8. The Morgan fingerprint density at radius 2 is 1.41 bits per heavy atom. The molecule has 0 aliphatic carbocycles. The smallest absolute Gasteiger partial charge is 0.250 e. The summed E-state index contributed by atoms with van der Waals surface area (Å²) in [5.74, 6) is 1.69. The van der Waals surface area contributed by atoms with Gasteiger partial charge in [-0.15, -0.1) is 0 Å². The molecule has 1 radical (unpaired) electrons. The fourth-order valence-corrected chi connectivity index (χ4v) is 3.47. The minimum atomic E-state index is -1.78. The van der Waals surface area contributed by atoms with E-state index in [-0.39, 0.29) is 23.9 Å². The minimum Gasteiger partial charge on any atom is -0.544 e. The van der Waals surface area contributed by atoms with Gasteiger partial charge in [-0.05, 0) is 62.0 Å². The van der Waals surface area contributed by atoms with Gasteiger partial charge in [0.05, 0.1) is 0 Å². The largest absolute Gasteiger partial charge is 0.544 e. The summed E-state index contributed by atoms with van der Waals surface area (Å²) in [6, 6.07) is 8.11. The molecule has 119 valence electrons. The summed E-state index contributed by atoms with van der Waals surface area (Å²) in [6.07, 6.45) is 0. The molecule has 0 fully saturated rings. The summed E-state index contributed by atoms with van der Waals surface area (Å²) in [5, 5.41) is 0.205. The standard InChI is InChI=1S/C17H30O2Si2.Li/c1-14(18-20(5,6)7)15-10-12-16(13-11-15)19-21(8,9)17(2,3)4;/h10-13H,1H2,2-9H3;. The molecule has 0 unspecified atom stereocenters. The minimum absolute atomic E-state index is 0. The van der Waals surface area contributed by atoms with Crippen molar-refractivity contribution in [1.82, 2.24) is 0 Å². The molecule has 0 atom stereocenters. The van der Waals surface area contributed by atoms with E-state index in [1.807, 2.05) is 24.3 Å². The predicted octanol–water partition coefficient (Wildman–Crippen LogP) is 5.51. The van der Waals surface area contributed by atoms with Crippen LogP contribution in [0.2, 0.25) is 37.8 Å². The fourth-order valence-electron chi connectivity index (χ4n) is 1.59. The second kappa shape index (κ2) is 7.44. The van der Waals surface area contributed by atoms with Crippen molar-refractivity contribution < 1.29 is 8.85 Å². The molecule has 2 nitrogen and oxygen atoms in total. The van der Waals surface area contributed by atoms with Crippen molar-refractivity contribution in [2.75, 3.05) is 0 Å². The Morgan fingerprint density at radius 3 is 1.77 bits per heavy atom. The zero-order valence-electron chi connectivity index (χ0n) is 15.8. The van der Waals surface area contributed by atoms with E-state index < -0.39 is 16.6 Å². The molecular weight excluding hydrogens is 299 g/mol. The summed E-state index contributed by atoms with van der Waals surface area (Å²) in [6.45, 7) is 21.8. The van der Waals surface area contributed by atoms with Crippen LogP contribution in [0.4, 0.5) is 0 Å². The van der Waals surface area contributed by atoms with E-state index in [1.54, 1.807) is 0 Å². The maximum Gasteiger partial charge on any atom is 0.250 e. The molecule has 0 spiro atoms. The van der Waals surface area contributed by atoms with Gasteiger partial charge in [0.25, 0.3) is 0 Å². The Morgan fingerprint density at radius 1 is 0.955 bits per heavy atom. The van der Waals surface area contributed by atoms with Crippen molar-refractivity contribution in [2.45, 2.75) is 58.5 Å². The molecule has 0 heterocycles. The molecule has 0 saturated carbocycles. The van der Waals surface area contributed by atoms with Gasteiger partial charge in [-0.25, -0.2) is 0 Å². The monoisotopic (exact) mass is 329 g/mol. The molecule has 22 heavy (non-hydrogen) atoms. The average Bonchev–Trinajstić information content (AvgIpc) is 2.25. The molecule has 0 saturated heterocycles. The number of hydrogen-bond donors (Lipinski definition) is 0. The topological polar surface area (TPSA) is 18.5 Å². The van der Waals surface area contributed by atoms with Gasteiger partial charge < -0.3 is 8.85 Å². The van der Waals surface area contributed by atoms with Crippen molar-refractivity contribution in [1.29, 1.82) is 0 Å². The van der Waals surface area contributed by atoms with Crippen LogP contribution in [0.25, 0.3) is 5.76 Å². The Labute approximate surface area is 150 Å². The SMILES string of the molecule is C=C(O[Si](C)(C)C)c1ccc(O[Si](C)(C)C(C)(C)C)cc1.[Li]. The molecule has 0 aliphatic heterocycles. The molecule has 0 aliphatic rings. The first-order valence-electron chi connectivity index (χ1n) is 7.49. The number of hydrogen-bond acceptors (Lipinski definition) is 2. The van der Waals surface area contributed by atoms with E-state index in [2.05, 4.69) is 60.1 Å². The fraction of sp³-hybridized carbons (Fsp3) is 0.529. The Kier molecular flexibility index (Phi) is 7.30. The van der Waals surface area contributed by atoms with Crippen LogP contribution in [0.5, 0.6) is 5.75 Å². The third-order valence-corrected chi connectivity index (χ3v) is 9.00. The summed E-state index contributed by atoms with van der Waals surface area (Å²) >= 11 is 0. The van der Waals surface area contributed by atoms with Gasteiger partial charge in [-0.3, -0.25) is 0 Å². The first kappa shape index (κ1) is 21.6. The maximum atomic E-state index is 6.28. The van der Waals surface area contributed by atoms with Gasteiger partial charge >= 0.3 is 0 Å². The van der Waals surface area contributed by atoms with E-state index >= 15 is 0 Å². The normalized spacial score (nSPS) is 12.4. The number of benzene rings is 1. The molecule has 1 rings (SSSR count). The van der Waals surface area contributed by atoms with Crippen LogP contribution in [0, 0.1) is 0 Å².